The van der Waals surface area contributed by atoms with Gasteiger partial charge in [-0.2, -0.15) is 4.98 Å². The molecule has 2 saturated heterocycles. The molecule has 25 heavy (non-hydrogen) atoms. The number of ether oxygens (including phenoxy) is 1. The molecule has 0 aliphatic carbocycles. The molecule has 4 rings (SSSR count). The van der Waals surface area contributed by atoms with Crippen molar-refractivity contribution >= 4 is 6.03 Å². The van der Waals surface area contributed by atoms with Gasteiger partial charge in [-0.3, -0.25) is 0 Å². The molecule has 0 bridgehead atoms. The molecule has 132 valence electrons. The lowest BCUT2D eigenvalue weighted by molar-refractivity contribution is 0.109. The van der Waals surface area contributed by atoms with E-state index < -0.39 is 0 Å². The topological polar surface area (TPSA) is 80.5 Å². The van der Waals surface area contributed by atoms with E-state index in [9.17, 15) is 4.79 Å². The number of carbonyl (C=O) groups excluding carboxylic acids is 1. The van der Waals surface area contributed by atoms with Gasteiger partial charge in [0, 0.05) is 38.1 Å². The van der Waals surface area contributed by atoms with E-state index in [1.165, 1.54) is 12.0 Å². The number of urea groups is 1. The number of nitrogens with one attached hydrogen (secondary N) is 1. The molecule has 0 spiro atoms. The van der Waals surface area contributed by atoms with Gasteiger partial charge in [-0.25, -0.2) is 4.79 Å². The third-order valence-corrected chi connectivity index (χ3v) is 5.05. The summed E-state index contributed by atoms with van der Waals surface area (Å²) in [5.41, 5.74) is 1.19. The number of aromatic nitrogens is 2. The van der Waals surface area contributed by atoms with Gasteiger partial charge in [0.2, 0.25) is 6.39 Å². The Morgan fingerprint density at radius 3 is 2.80 bits per heavy atom. The van der Waals surface area contributed by atoms with Crippen molar-refractivity contribution in [2.75, 3.05) is 26.2 Å². The fourth-order valence-corrected chi connectivity index (χ4v) is 3.73. The number of benzene rings is 1. The second-order valence-electron chi connectivity index (χ2n) is 6.64. The predicted octanol–water partition coefficient (Wildman–Crippen LogP) is 2.14. The van der Waals surface area contributed by atoms with Gasteiger partial charge in [0.1, 0.15) is 0 Å². The smallest absolute Gasteiger partial charge is 0.317 e. The Bertz CT molecular complexity index is 686. The van der Waals surface area contributed by atoms with Crippen molar-refractivity contribution in [3.8, 4) is 0 Å². The Kier molecular flexibility index (Phi) is 4.65. The van der Waals surface area contributed by atoms with Crippen molar-refractivity contribution in [2.45, 2.75) is 30.8 Å². The first-order valence-electron chi connectivity index (χ1n) is 8.77. The third kappa shape index (κ3) is 3.51. The molecule has 0 unspecified atom stereocenters. The zero-order valence-electron chi connectivity index (χ0n) is 14.0. The van der Waals surface area contributed by atoms with Gasteiger partial charge in [-0.1, -0.05) is 35.5 Å². The van der Waals surface area contributed by atoms with Gasteiger partial charge < -0.3 is 19.5 Å². The van der Waals surface area contributed by atoms with Gasteiger partial charge in [0.15, 0.2) is 5.82 Å². The first-order valence-corrected chi connectivity index (χ1v) is 8.77. The van der Waals surface area contributed by atoms with E-state index in [0.717, 1.165) is 19.4 Å². The lowest BCUT2D eigenvalue weighted by atomic mass is 9.88. The zero-order chi connectivity index (χ0) is 17.1. The maximum atomic E-state index is 12.6. The molecule has 2 aliphatic rings. The van der Waals surface area contributed by atoms with E-state index in [0.29, 0.717) is 25.5 Å². The summed E-state index contributed by atoms with van der Waals surface area (Å²) in [4.78, 5) is 18.7. The summed E-state index contributed by atoms with van der Waals surface area (Å²) in [7, 11) is 0. The van der Waals surface area contributed by atoms with E-state index in [1.807, 2.05) is 23.1 Å². The summed E-state index contributed by atoms with van der Waals surface area (Å²) in [6, 6.07) is 10.2. The third-order valence-electron chi connectivity index (χ3n) is 5.05. The molecule has 0 saturated carbocycles. The molecule has 2 aromatic rings. The van der Waals surface area contributed by atoms with Gasteiger partial charge in [-0.15, -0.1) is 0 Å². The number of nitrogens with zero attached hydrogens (tertiary/aromatic N) is 3. The molecule has 3 atom stereocenters. The molecule has 1 aromatic heterocycles. The summed E-state index contributed by atoms with van der Waals surface area (Å²) in [6.07, 6.45) is 3.57. The largest absolute Gasteiger partial charge is 0.376 e. The Balaban J connectivity index is 1.46. The predicted molar refractivity (Wildman–Crippen MR) is 90.2 cm³/mol. The SMILES string of the molecule is O=C(NC[C@@H]1CCCO1)N1C[C@H](c2ccccc2)[C@H](c2ncon2)C1. The fourth-order valence-electron chi connectivity index (χ4n) is 3.73. The molecule has 2 aliphatic heterocycles. The molecule has 0 radical (unpaired) electrons. The number of hydrogen-bond acceptors (Lipinski definition) is 5. The summed E-state index contributed by atoms with van der Waals surface area (Å²) in [5.74, 6) is 0.852. The molecule has 7 heteroatoms. The van der Waals surface area contributed by atoms with Gasteiger partial charge >= 0.3 is 6.03 Å². The normalized spacial score (nSPS) is 26.1. The highest BCUT2D eigenvalue weighted by atomic mass is 16.5. The monoisotopic (exact) mass is 342 g/mol. The molecular weight excluding hydrogens is 320 g/mol. The van der Waals surface area contributed by atoms with Crippen LogP contribution in [-0.2, 0) is 4.74 Å². The summed E-state index contributed by atoms with van der Waals surface area (Å²) >= 11 is 0. The van der Waals surface area contributed by atoms with Crippen LogP contribution in [0.2, 0.25) is 0 Å². The van der Waals surface area contributed by atoms with E-state index in [2.05, 4.69) is 27.6 Å². The summed E-state index contributed by atoms with van der Waals surface area (Å²) in [6.45, 7) is 2.58. The first-order chi connectivity index (χ1) is 12.3. The van der Waals surface area contributed by atoms with Gasteiger partial charge in [-0.05, 0) is 18.4 Å². The standard InChI is InChI=1S/C18H22N4O3/c23-18(19-9-14-7-4-8-24-14)22-10-15(13-5-2-1-3-6-13)16(11-22)17-20-12-25-21-17/h1-3,5-6,12,14-16H,4,7-11H2,(H,19,23)/t14-,15+,16+/m0/s1. The quantitative estimate of drug-likeness (QED) is 0.921. The van der Waals surface area contributed by atoms with E-state index >= 15 is 0 Å². The Labute approximate surface area is 146 Å². The van der Waals surface area contributed by atoms with Crippen molar-refractivity contribution in [2.24, 2.45) is 0 Å². The molecule has 2 amide bonds. The van der Waals surface area contributed by atoms with Crippen LogP contribution in [0.15, 0.2) is 41.2 Å². The number of amides is 2. The van der Waals surface area contributed by atoms with Crippen molar-refractivity contribution < 1.29 is 14.1 Å². The van der Waals surface area contributed by atoms with Crippen LogP contribution in [-0.4, -0.2) is 53.4 Å². The Morgan fingerprint density at radius 1 is 1.24 bits per heavy atom. The average molecular weight is 342 g/mol. The lowest BCUT2D eigenvalue weighted by Gasteiger charge is -2.19. The van der Waals surface area contributed by atoms with Crippen LogP contribution < -0.4 is 5.32 Å². The maximum absolute atomic E-state index is 12.6. The fraction of sp³-hybridized carbons (Fsp3) is 0.500. The number of hydrogen-bond donors (Lipinski definition) is 1. The minimum atomic E-state index is -0.0533. The first kappa shape index (κ1) is 16.1. The maximum Gasteiger partial charge on any atom is 0.317 e. The van der Waals surface area contributed by atoms with Gasteiger partial charge in [0.25, 0.3) is 0 Å². The molecule has 7 nitrogen and oxygen atoms in total. The van der Waals surface area contributed by atoms with Crippen LogP contribution in [0.5, 0.6) is 0 Å². The van der Waals surface area contributed by atoms with Crippen molar-refractivity contribution in [3.63, 3.8) is 0 Å². The zero-order valence-corrected chi connectivity index (χ0v) is 14.0. The van der Waals surface area contributed by atoms with Crippen LogP contribution in [0.4, 0.5) is 4.79 Å². The van der Waals surface area contributed by atoms with Crippen molar-refractivity contribution in [3.05, 3.63) is 48.1 Å². The molecule has 1 N–H and O–H groups in total. The van der Waals surface area contributed by atoms with Crippen molar-refractivity contribution in [1.29, 1.82) is 0 Å². The van der Waals surface area contributed by atoms with Gasteiger partial charge in [0.05, 0.1) is 6.10 Å². The van der Waals surface area contributed by atoms with Crippen LogP contribution in [0.1, 0.15) is 36.1 Å². The second-order valence-corrected chi connectivity index (χ2v) is 6.64. The van der Waals surface area contributed by atoms with Crippen LogP contribution in [0.25, 0.3) is 0 Å². The van der Waals surface area contributed by atoms with Crippen LogP contribution in [0.3, 0.4) is 0 Å². The van der Waals surface area contributed by atoms with E-state index in [1.54, 1.807) is 0 Å². The van der Waals surface area contributed by atoms with E-state index in [4.69, 9.17) is 9.26 Å². The number of likely N-dealkylation sites (tertiary alicyclic amines) is 1. The summed E-state index contributed by atoms with van der Waals surface area (Å²) < 4.78 is 10.5. The van der Waals surface area contributed by atoms with E-state index in [-0.39, 0.29) is 24.0 Å². The molecular formula is C18H22N4O3. The highest BCUT2D eigenvalue weighted by Crippen LogP contribution is 2.38. The minimum Gasteiger partial charge on any atom is -0.376 e. The Morgan fingerprint density at radius 2 is 2.08 bits per heavy atom. The lowest BCUT2D eigenvalue weighted by Crippen LogP contribution is -2.41. The van der Waals surface area contributed by atoms with Crippen LogP contribution in [0, 0.1) is 0 Å². The van der Waals surface area contributed by atoms with Crippen molar-refractivity contribution in [1.82, 2.24) is 20.4 Å². The Hall–Kier alpha value is -2.41. The summed E-state index contributed by atoms with van der Waals surface area (Å²) in [5, 5.41) is 7.01. The average Bonchev–Trinajstić information content (AvgIpc) is 3.41. The second kappa shape index (κ2) is 7.23. The highest BCUT2D eigenvalue weighted by molar-refractivity contribution is 5.75. The minimum absolute atomic E-state index is 0.0367. The van der Waals surface area contributed by atoms with Crippen LogP contribution >= 0.6 is 0 Å². The highest BCUT2D eigenvalue weighted by Gasteiger charge is 2.39. The molecule has 1 aromatic carbocycles. The number of rotatable bonds is 4. The molecule has 2 fully saturated rings. The number of carbonyl (C=O) groups is 1. The molecule has 3 heterocycles.